The van der Waals surface area contributed by atoms with Crippen molar-refractivity contribution in [3.63, 3.8) is 0 Å². The van der Waals surface area contributed by atoms with Gasteiger partial charge < -0.3 is 14.7 Å². The minimum Gasteiger partial charge on any atom is -0.493 e. The predicted molar refractivity (Wildman–Crippen MR) is 90.7 cm³/mol. The number of fused-ring (bicyclic) bond motifs is 1. The molecule has 0 aliphatic carbocycles. The van der Waals surface area contributed by atoms with E-state index in [0.717, 1.165) is 11.1 Å². The maximum atomic E-state index is 8.66. The summed E-state index contributed by atoms with van der Waals surface area (Å²) < 4.78 is 11.3. The molecular formula is C19H17NO3. The van der Waals surface area contributed by atoms with Crippen LogP contribution in [0.15, 0.2) is 65.8 Å². The Kier molecular flexibility index (Phi) is 4.43. The molecule has 4 heteroatoms. The van der Waals surface area contributed by atoms with Crippen LogP contribution < -0.4 is 9.47 Å². The molecule has 0 atom stereocenters. The Morgan fingerprint density at radius 1 is 1.00 bits per heavy atom. The highest BCUT2D eigenvalue weighted by Crippen LogP contribution is 2.29. The first-order chi connectivity index (χ1) is 11.3. The van der Waals surface area contributed by atoms with E-state index in [1.807, 2.05) is 24.3 Å². The van der Waals surface area contributed by atoms with Crippen LogP contribution in [-0.4, -0.2) is 18.5 Å². The molecule has 0 amide bonds. The molecule has 0 radical (unpaired) electrons. The lowest BCUT2D eigenvalue weighted by atomic mass is 10.1. The van der Waals surface area contributed by atoms with E-state index in [0.29, 0.717) is 18.1 Å². The third-order valence-corrected chi connectivity index (χ3v) is 3.66. The Hall–Kier alpha value is -3.01. The maximum absolute atomic E-state index is 8.66. The van der Waals surface area contributed by atoms with Gasteiger partial charge in [-0.3, -0.25) is 0 Å². The first kappa shape index (κ1) is 14.9. The Balaban J connectivity index is 1.88. The van der Waals surface area contributed by atoms with Crippen molar-refractivity contribution in [2.24, 2.45) is 5.16 Å². The van der Waals surface area contributed by atoms with Crippen molar-refractivity contribution in [3.05, 3.63) is 71.8 Å². The summed E-state index contributed by atoms with van der Waals surface area (Å²) in [5.74, 6) is 1.25. The SMILES string of the molecule is COc1ccc(C=NO)cc1OCc1cccc2ccccc12. The minimum absolute atomic E-state index is 0.428. The molecule has 116 valence electrons. The zero-order chi connectivity index (χ0) is 16.1. The number of benzene rings is 3. The molecule has 0 saturated heterocycles. The zero-order valence-corrected chi connectivity index (χ0v) is 12.8. The topological polar surface area (TPSA) is 51.0 Å². The monoisotopic (exact) mass is 307 g/mol. The lowest BCUT2D eigenvalue weighted by molar-refractivity contribution is 0.285. The molecule has 0 bridgehead atoms. The van der Waals surface area contributed by atoms with Crippen molar-refractivity contribution < 1.29 is 14.7 Å². The molecular weight excluding hydrogens is 290 g/mol. The van der Waals surface area contributed by atoms with Crippen LogP contribution in [0.4, 0.5) is 0 Å². The van der Waals surface area contributed by atoms with E-state index in [1.165, 1.54) is 17.0 Å². The number of rotatable bonds is 5. The molecule has 3 aromatic rings. The lowest BCUT2D eigenvalue weighted by Gasteiger charge is -2.12. The Morgan fingerprint density at radius 3 is 2.65 bits per heavy atom. The van der Waals surface area contributed by atoms with E-state index in [-0.39, 0.29) is 0 Å². The molecule has 0 fully saturated rings. The molecule has 0 aromatic heterocycles. The minimum atomic E-state index is 0.428. The van der Waals surface area contributed by atoms with Crippen LogP contribution in [0.5, 0.6) is 11.5 Å². The van der Waals surface area contributed by atoms with Gasteiger partial charge in [-0.2, -0.15) is 0 Å². The standard InChI is InChI=1S/C19H17NO3/c1-22-18-10-9-14(12-20-21)11-19(18)23-13-16-7-4-6-15-5-2-3-8-17(15)16/h2-12,21H,13H2,1H3. The molecule has 1 N–H and O–H groups in total. The molecule has 0 aliphatic rings. The molecule has 3 aromatic carbocycles. The van der Waals surface area contributed by atoms with Crippen LogP contribution in [-0.2, 0) is 6.61 Å². The lowest BCUT2D eigenvalue weighted by Crippen LogP contribution is -1.99. The van der Waals surface area contributed by atoms with E-state index in [4.69, 9.17) is 14.7 Å². The van der Waals surface area contributed by atoms with Crippen molar-refractivity contribution in [3.8, 4) is 11.5 Å². The second kappa shape index (κ2) is 6.83. The van der Waals surface area contributed by atoms with Gasteiger partial charge in [0, 0.05) is 5.56 Å². The molecule has 0 aliphatic heterocycles. The molecule has 0 spiro atoms. The van der Waals surface area contributed by atoms with Crippen molar-refractivity contribution in [2.45, 2.75) is 6.61 Å². The molecule has 3 rings (SSSR count). The van der Waals surface area contributed by atoms with Crippen molar-refractivity contribution in [1.82, 2.24) is 0 Å². The maximum Gasteiger partial charge on any atom is 0.162 e. The first-order valence-electron chi connectivity index (χ1n) is 7.27. The quantitative estimate of drug-likeness (QED) is 0.436. The molecule has 0 saturated carbocycles. The smallest absolute Gasteiger partial charge is 0.162 e. The van der Waals surface area contributed by atoms with Crippen LogP contribution in [0.3, 0.4) is 0 Å². The summed E-state index contributed by atoms with van der Waals surface area (Å²) in [5, 5.41) is 14.1. The van der Waals surface area contributed by atoms with Crippen LogP contribution in [0, 0.1) is 0 Å². The normalized spacial score (nSPS) is 11.0. The van der Waals surface area contributed by atoms with Gasteiger partial charge in [0.25, 0.3) is 0 Å². The molecule has 4 nitrogen and oxygen atoms in total. The molecule has 23 heavy (non-hydrogen) atoms. The number of methoxy groups -OCH3 is 1. The molecule has 0 heterocycles. The summed E-state index contributed by atoms with van der Waals surface area (Å²) in [4.78, 5) is 0. The van der Waals surface area contributed by atoms with Gasteiger partial charge in [-0.05, 0) is 34.5 Å². The van der Waals surface area contributed by atoms with Crippen LogP contribution in [0.1, 0.15) is 11.1 Å². The van der Waals surface area contributed by atoms with E-state index < -0.39 is 0 Å². The van der Waals surface area contributed by atoms with E-state index in [2.05, 4.69) is 23.4 Å². The van der Waals surface area contributed by atoms with Crippen LogP contribution >= 0.6 is 0 Å². The summed E-state index contributed by atoms with van der Waals surface area (Å²) in [6.45, 7) is 0.428. The summed E-state index contributed by atoms with van der Waals surface area (Å²) in [7, 11) is 1.60. The van der Waals surface area contributed by atoms with Crippen molar-refractivity contribution >= 4 is 17.0 Å². The van der Waals surface area contributed by atoms with Crippen LogP contribution in [0.25, 0.3) is 10.8 Å². The fourth-order valence-electron chi connectivity index (χ4n) is 2.53. The van der Waals surface area contributed by atoms with Gasteiger partial charge in [-0.1, -0.05) is 47.6 Å². The number of hydrogen-bond acceptors (Lipinski definition) is 4. The Labute approximate surface area is 134 Å². The van der Waals surface area contributed by atoms with Gasteiger partial charge in [0.15, 0.2) is 11.5 Å². The summed E-state index contributed by atoms with van der Waals surface area (Å²) >= 11 is 0. The second-order valence-electron chi connectivity index (χ2n) is 5.08. The van der Waals surface area contributed by atoms with Gasteiger partial charge in [0.1, 0.15) is 6.61 Å². The number of nitrogens with zero attached hydrogens (tertiary/aromatic N) is 1. The van der Waals surface area contributed by atoms with Gasteiger partial charge in [0.05, 0.1) is 13.3 Å². The first-order valence-corrected chi connectivity index (χ1v) is 7.27. The Morgan fingerprint density at radius 2 is 1.83 bits per heavy atom. The third-order valence-electron chi connectivity index (χ3n) is 3.66. The number of ether oxygens (including phenoxy) is 2. The fourth-order valence-corrected chi connectivity index (χ4v) is 2.53. The van der Waals surface area contributed by atoms with Crippen molar-refractivity contribution in [2.75, 3.05) is 7.11 Å². The molecule has 0 unspecified atom stereocenters. The number of hydrogen-bond donors (Lipinski definition) is 1. The summed E-state index contributed by atoms with van der Waals surface area (Å²) in [6, 6.07) is 19.7. The second-order valence-corrected chi connectivity index (χ2v) is 5.08. The largest absolute Gasteiger partial charge is 0.493 e. The van der Waals surface area contributed by atoms with E-state index in [1.54, 1.807) is 25.3 Å². The van der Waals surface area contributed by atoms with Gasteiger partial charge in [-0.15, -0.1) is 0 Å². The average molecular weight is 307 g/mol. The highest BCUT2D eigenvalue weighted by atomic mass is 16.5. The van der Waals surface area contributed by atoms with E-state index in [9.17, 15) is 0 Å². The van der Waals surface area contributed by atoms with Gasteiger partial charge in [0.2, 0.25) is 0 Å². The third kappa shape index (κ3) is 3.26. The highest BCUT2D eigenvalue weighted by molar-refractivity contribution is 5.85. The average Bonchev–Trinajstić information content (AvgIpc) is 2.60. The Bertz CT molecular complexity index is 838. The summed E-state index contributed by atoms with van der Waals surface area (Å²) in [6.07, 6.45) is 1.35. The summed E-state index contributed by atoms with van der Waals surface area (Å²) in [5.41, 5.74) is 1.84. The highest BCUT2D eigenvalue weighted by Gasteiger charge is 2.07. The zero-order valence-electron chi connectivity index (χ0n) is 12.8. The predicted octanol–water partition coefficient (Wildman–Crippen LogP) is 4.24. The number of oxime groups is 1. The van der Waals surface area contributed by atoms with Gasteiger partial charge in [-0.25, -0.2) is 0 Å². The van der Waals surface area contributed by atoms with Gasteiger partial charge >= 0.3 is 0 Å². The fraction of sp³-hybridized carbons (Fsp3) is 0.105. The van der Waals surface area contributed by atoms with Crippen molar-refractivity contribution in [1.29, 1.82) is 0 Å². The van der Waals surface area contributed by atoms with Crippen LogP contribution in [0.2, 0.25) is 0 Å². The van der Waals surface area contributed by atoms with E-state index >= 15 is 0 Å².